The Morgan fingerprint density at radius 3 is 2.67 bits per heavy atom. The number of aromatic nitrogens is 2. The molecule has 1 aliphatic rings. The minimum atomic E-state index is 0.133. The third-order valence-electron chi connectivity index (χ3n) is 4.78. The van der Waals surface area contributed by atoms with Crippen molar-refractivity contribution in [1.82, 2.24) is 14.7 Å². The van der Waals surface area contributed by atoms with Crippen molar-refractivity contribution >= 4 is 0 Å². The van der Waals surface area contributed by atoms with E-state index in [2.05, 4.69) is 78.9 Å². The quantitative estimate of drug-likeness (QED) is 0.834. The van der Waals surface area contributed by atoms with Gasteiger partial charge in [0.1, 0.15) is 0 Å². The van der Waals surface area contributed by atoms with Crippen LogP contribution in [-0.4, -0.2) is 33.4 Å². The van der Waals surface area contributed by atoms with E-state index in [0.29, 0.717) is 18.0 Å². The van der Waals surface area contributed by atoms with E-state index in [0.717, 1.165) is 19.7 Å². The summed E-state index contributed by atoms with van der Waals surface area (Å²) in [5.41, 5.74) is 2.54. The molecule has 3 rings (SSSR count). The first kappa shape index (κ1) is 17.2. The maximum atomic E-state index is 6.15. The lowest BCUT2D eigenvalue weighted by atomic mass is 9.98. The molecule has 0 N–H and O–H groups in total. The van der Waals surface area contributed by atoms with Gasteiger partial charge in [-0.15, -0.1) is 0 Å². The second kappa shape index (κ2) is 7.49. The summed E-state index contributed by atoms with van der Waals surface area (Å²) in [6.45, 7) is 11.6. The number of benzene rings is 1. The van der Waals surface area contributed by atoms with Gasteiger partial charge in [0.05, 0.1) is 18.9 Å². The van der Waals surface area contributed by atoms with E-state index >= 15 is 0 Å². The number of ether oxygens (including phenoxy) is 1. The first-order chi connectivity index (χ1) is 11.5. The fraction of sp³-hybridized carbons (Fsp3) is 0.550. The van der Waals surface area contributed by atoms with Crippen molar-refractivity contribution in [3.63, 3.8) is 0 Å². The van der Waals surface area contributed by atoms with Gasteiger partial charge in [0.25, 0.3) is 0 Å². The van der Waals surface area contributed by atoms with Crippen LogP contribution in [0.2, 0.25) is 0 Å². The van der Waals surface area contributed by atoms with Gasteiger partial charge in [-0.05, 0) is 25.3 Å². The van der Waals surface area contributed by atoms with Gasteiger partial charge in [0, 0.05) is 36.9 Å². The third-order valence-corrected chi connectivity index (χ3v) is 4.78. The molecular formula is C20H29N3O. The van der Waals surface area contributed by atoms with Gasteiger partial charge >= 0.3 is 0 Å². The first-order valence-electron chi connectivity index (χ1n) is 8.98. The molecule has 0 unspecified atom stereocenters. The van der Waals surface area contributed by atoms with Crippen molar-refractivity contribution in [1.29, 1.82) is 0 Å². The van der Waals surface area contributed by atoms with Crippen molar-refractivity contribution in [2.24, 2.45) is 5.92 Å². The van der Waals surface area contributed by atoms with Crippen LogP contribution in [0.1, 0.15) is 44.9 Å². The van der Waals surface area contributed by atoms with Crippen LogP contribution in [-0.2, 0) is 17.8 Å². The minimum absolute atomic E-state index is 0.133. The van der Waals surface area contributed by atoms with E-state index in [4.69, 9.17) is 4.74 Å². The summed E-state index contributed by atoms with van der Waals surface area (Å²) in [6.07, 6.45) is 4.33. The maximum absolute atomic E-state index is 6.15. The van der Waals surface area contributed by atoms with Gasteiger partial charge in [0.2, 0.25) is 0 Å². The molecule has 4 heteroatoms. The molecule has 1 aromatic carbocycles. The Morgan fingerprint density at radius 1 is 1.21 bits per heavy atom. The summed E-state index contributed by atoms with van der Waals surface area (Å²) >= 11 is 0. The monoisotopic (exact) mass is 327 g/mol. The van der Waals surface area contributed by atoms with E-state index in [-0.39, 0.29) is 6.10 Å². The summed E-state index contributed by atoms with van der Waals surface area (Å²) in [4.78, 5) is 2.54. The van der Waals surface area contributed by atoms with Crippen molar-refractivity contribution < 1.29 is 4.74 Å². The van der Waals surface area contributed by atoms with Gasteiger partial charge < -0.3 is 4.74 Å². The molecular weight excluding hydrogens is 298 g/mol. The van der Waals surface area contributed by atoms with E-state index in [1.807, 2.05) is 6.20 Å². The molecule has 2 aromatic rings. The highest BCUT2D eigenvalue weighted by molar-refractivity contribution is 5.20. The molecule has 0 bridgehead atoms. The second-order valence-electron chi connectivity index (χ2n) is 7.39. The third kappa shape index (κ3) is 3.87. The van der Waals surface area contributed by atoms with Crippen LogP contribution in [0, 0.1) is 5.92 Å². The predicted octanol–water partition coefficient (Wildman–Crippen LogP) is 3.89. The molecule has 3 atom stereocenters. The number of hydrogen-bond acceptors (Lipinski definition) is 3. The summed E-state index contributed by atoms with van der Waals surface area (Å²) < 4.78 is 8.21. The Morgan fingerprint density at radius 2 is 1.96 bits per heavy atom. The van der Waals surface area contributed by atoms with Crippen LogP contribution in [0.25, 0.3) is 0 Å². The first-order valence-corrected chi connectivity index (χ1v) is 8.98. The Labute approximate surface area is 145 Å². The summed E-state index contributed by atoms with van der Waals surface area (Å²) in [7, 11) is 0. The minimum Gasteiger partial charge on any atom is -0.370 e. The van der Waals surface area contributed by atoms with E-state index in [1.54, 1.807) is 0 Å². The molecule has 1 aliphatic heterocycles. The number of rotatable bonds is 5. The van der Waals surface area contributed by atoms with Gasteiger partial charge in [-0.1, -0.05) is 44.2 Å². The summed E-state index contributed by atoms with van der Waals surface area (Å²) in [5.74, 6) is 0.612. The zero-order valence-electron chi connectivity index (χ0n) is 15.2. The molecule has 0 saturated carbocycles. The van der Waals surface area contributed by atoms with Crippen LogP contribution in [0.15, 0.2) is 42.7 Å². The normalized spacial score (nSPS) is 25.3. The average Bonchev–Trinajstić information content (AvgIpc) is 2.98. The van der Waals surface area contributed by atoms with E-state index in [1.165, 1.54) is 11.1 Å². The number of nitrogens with zero attached hydrogens (tertiary/aromatic N) is 3. The highest BCUT2D eigenvalue weighted by Crippen LogP contribution is 2.31. The Hall–Kier alpha value is -1.65. The van der Waals surface area contributed by atoms with Crippen molar-refractivity contribution in [2.45, 2.75) is 59.0 Å². The molecule has 2 heterocycles. The lowest BCUT2D eigenvalue weighted by Gasteiger charge is -2.43. The van der Waals surface area contributed by atoms with Crippen molar-refractivity contribution in [3.8, 4) is 0 Å². The summed E-state index contributed by atoms with van der Waals surface area (Å²) in [6, 6.07) is 11.3. The fourth-order valence-electron chi connectivity index (χ4n) is 3.54. The fourth-order valence-corrected chi connectivity index (χ4v) is 3.54. The smallest absolute Gasteiger partial charge is 0.0978 e. The molecule has 4 nitrogen and oxygen atoms in total. The molecule has 1 aromatic heterocycles. The molecule has 1 saturated heterocycles. The molecule has 1 fully saturated rings. The Bertz CT molecular complexity index is 637. The summed E-state index contributed by atoms with van der Waals surface area (Å²) in [5, 5.41) is 4.51. The second-order valence-corrected chi connectivity index (χ2v) is 7.39. The zero-order chi connectivity index (χ0) is 17.1. The standard InChI is InChI=1S/C20H29N3O/c1-15(2)11-22-12-18(10-21-22)13-23-16(3)14-24-20(17(23)4)19-8-6-5-7-9-19/h5-10,12,15-17,20H,11,13-14H2,1-4H3/t16-,17+,20-/m1/s1. The molecule has 0 radical (unpaired) electrons. The molecule has 0 aliphatic carbocycles. The highest BCUT2D eigenvalue weighted by atomic mass is 16.5. The lowest BCUT2D eigenvalue weighted by Crippen LogP contribution is -2.50. The topological polar surface area (TPSA) is 30.3 Å². The van der Waals surface area contributed by atoms with E-state index in [9.17, 15) is 0 Å². The Balaban J connectivity index is 1.72. The molecule has 130 valence electrons. The highest BCUT2D eigenvalue weighted by Gasteiger charge is 2.34. The van der Waals surface area contributed by atoms with Crippen molar-refractivity contribution in [3.05, 3.63) is 53.9 Å². The number of morpholine rings is 1. The van der Waals surface area contributed by atoms with Crippen molar-refractivity contribution in [2.75, 3.05) is 6.61 Å². The van der Waals surface area contributed by atoms with E-state index < -0.39 is 0 Å². The lowest BCUT2D eigenvalue weighted by molar-refractivity contribution is -0.0993. The van der Waals surface area contributed by atoms with Crippen LogP contribution in [0.3, 0.4) is 0 Å². The van der Waals surface area contributed by atoms with Gasteiger partial charge in [-0.25, -0.2) is 0 Å². The maximum Gasteiger partial charge on any atom is 0.0978 e. The molecule has 24 heavy (non-hydrogen) atoms. The SMILES string of the molecule is CC(C)Cn1cc(CN2[C@H](C)CO[C@@H](c3ccccc3)[C@@H]2C)cn1. The molecule has 0 spiro atoms. The number of hydrogen-bond donors (Lipinski definition) is 0. The van der Waals surface area contributed by atoms with Gasteiger partial charge in [0.15, 0.2) is 0 Å². The largest absolute Gasteiger partial charge is 0.370 e. The van der Waals surface area contributed by atoms with Crippen LogP contribution in [0.4, 0.5) is 0 Å². The molecule has 0 amide bonds. The van der Waals surface area contributed by atoms with Crippen LogP contribution < -0.4 is 0 Å². The van der Waals surface area contributed by atoms with Crippen LogP contribution in [0.5, 0.6) is 0 Å². The van der Waals surface area contributed by atoms with Gasteiger partial charge in [-0.3, -0.25) is 9.58 Å². The van der Waals surface area contributed by atoms with Gasteiger partial charge in [-0.2, -0.15) is 5.10 Å². The predicted molar refractivity (Wildman–Crippen MR) is 96.7 cm³/mol. The average molecular weight is 327 g/mol. The zero-order valence-corrected chi connectivity index (χ0v) is 15.2. The Kier molecular flexibility index (Phi) is 5.36. The van der Waals surface area contributed by atoms with Crippen LogP contribution >= 0.6 is 0 Å².